The molecule has 28 heavy (non-hydrogen) atoms. The molecule has 0 amide bonds. The Labute approximate surface area is 180 Å². The van der Waals surface area contributed by atoms with Crippen LogP contribution < -0.4 is 14.8 Å². The molecular weight excluding hydrogens is 440 g/mol. The number of pyridine rings is 1. The van der Waals surface area contributed by atoms with Gasteiger partial charge in [-0.15, -0.1) is 12.4 Å². The van der Waals surface area contributed by atoms with Crippen molar-refractivity contribution in [1.29, 1.82) is 0 Å². The Bertz CT molecular complexity index is 848. The number of nitrogens with one attached hydrogen (secondary N) is 1. The van der Waals surface area contributed by atoms with E-state index in [9.17, 15) is 0 Å². The Morgan fingerprint density at radius 2 is 1.68 bits per heavy atom. The SMILES string of the molecule is CCOc1cc(CNCc2cccnc2)cc(Br)c1OCc1ccccc1.Cl. The van der Waals surface area contributed by atoms with Gasteiger partial charge in [0.1, 0.15) is 6.61 Å². The summed E-state index contributed by atoms with van der Waals surface area (Å²) in [7, 11) is 0. The molecule has 3 rings (SSSR count). The van der Waals surface area contributed by atoms with Gasteiger partial charge in [0, 0.05) is 25.5 Å². The lowest BCUT2D eigenvalue weighted by Gasteiger charge is -2.16. The normalized spacial score (nSPS) is 10.2. The lowest BCUT2D eigenvalue weighted by molar-refractivity contribution is 0.267. The van der Waals surface area contributed by atoms with Crippen LogP contribution in [0.3, 0.4) is 0 Å². The molecule has 148 valence electrons. The van der Waals surface area contributed by atoms with E-state index in [2.05, 4.69) is 38.4 Å². The Balaban J connectivity index is 0.00000280. The Hall–Kier alpha value is -2.08. The van der Waals surface area contributed by atoms with Crippen LogP contribution in [0.25, 0.3) is 0 Å². The molecule has 0 aliphatic rings. The number of nitrogens with zero attached hydrogens (tertiary/aromatic N) is 1. The van der Waals surface area contributed by atoms with Gasteiger partial charge >= 0.3 is 0 Å². The number of aromatic nitrogens is 1. The first-order valence-electron chi connectivity index (χ1n) is 8.98. The average molecular weight is 464 g/mol. The molecule has 3 aromatic rings. The molecule has 0 saturated heterocycles. The summed E-state index contributed by atoms with van der Waals surface area (Å²) in [5.41, 5.74) is 3.40. The highest BCUT2D eigenvalue weighted by molar-refractivity contribution is 9.10. The third kappa shape index (κ3) is 6.51. The number of rotatable bonds is 9. The Morgan fingerprint density at radius 3 is 2.39 bits per heavy atom. The van der Waals surface area contributed by atoms with Gasteiger partial charge in [0.2, 0.25) is 0 Å². The highest BCUT2D eigenvalue weighted by Gasteiger charge is 2.12. The summed E-state index contributed by atoms with van der Waals surface area (Å²) in [6.07, 6.45) is 3.65. The maximum Gasteiger partial charge on any atom is 0.175 e. The minimum atomic E-state index is 0. The van der Waals surface area contributed by atoms with Crippen molar-refractivity contribution in [2.75, 3.05) is 6.61 Å². The number of hydrogen-bond acceptors (Lipinski definition) is 4. The molecule has 0 saturated carbocycles. The van der Waals surface area contributed by atoms with E-state index in [1.807, 2.05) is 55.6 Å². The summed E-state index contributed by atoms with van der Waals surface area (Å²) in [6.45, 7) is 4.55. The molecule has 0 radical (unpaired) electrons. The summed E-state index contributed by atoms with van der Waals surface area (Å²) in [5.74, 6) is 1.48. The van der Waals surface area contributed by atoms with Crippen molar-refractivity contribution in [2.24, 2.45) is 0 Å². The predicted octanol–water partition coefficient (Wildman–Crippen LogP) is 5.53. The van der Waals surface area contributed by atoms with E-state index in [1.165, 1.54) is 0 Å². The van der Waals surface area contributed by atoms with Gasteiger partial charge in [0.15, 0.2) is 11.5 Å². The zero-order chi connectivity index (χ0) is 18.9. The molecule has 6 heteroatoms. The lowest BCUT2D eigenvalue weighted by atomic mass is 10.2. The van der Waals surface area contributed by atoms with Crippen LogP contribution in [0, 0.1) is 0 Å². The molecule has 1 heterocycles. The van der Waals surface area contributed by atoms with Gasteiger partial charge < -0.3 is 14.8 Å². The van der Waals surface area contributed by atoms with Gasteiger partial charge in [-0.2, -0.15) is 0 Å². The lowest BCUT2D eigenvalue weighted by Crippen LogP contribution is -2.13. The van der Waals surface area contributed by atoms with Crippen LogP contribution >= 0.6 is 28.3 Å². The van der Waals surface area contributed by atoms with Gasteiger partial charge in [-0.1, -0.05) is 36.4 Å². The Morgan fingerprint density at radius 1 is 0.929 bits per heavy atom. The minimum absolute atomic E-state index is 0. The van der Waals surface area contributed by atoms with Gasteiger partial charge in [0.05, 0.1) is 11.1 Å². The summed E-state index contributed by atoms with van der Waals surface area (Å²) >= 11 is 3.64. The van der Waals surface area contributed by atoms with E-state index >= 15 is 0 Å². The predicted molar refractivity (Wildman–Crippen MR) is 118 cm³/mol. The quantitative estimate of drug-likeness (QED) is 0.453. The maximum atomic E-state index is 6.03. The molecule has 0 aliphatic carbocycles. The zero-order valence-electron chi connectivity index (χ0n) is 15.7. The highest BCUT2D eigenvalue weighted by Crippen LogP contribution is 2.37. The largest absolute Gasteiger partial charge is 0.490 e. The van der Waals surface area contributed by atoms with Crippen LogP contribution in [0.5, 0.6) is 11.5 Å². The van der Waals surface area contributed by atoms with Crippen LogP contribution in [0.2, 0.25) is 0 Å². The summed E-state index contributed by atoms with van der Waals surface area (Å²) < 4.78 is 12.7. The van der Waals surface area contributed by atoms with Crippen molar-refractivity contribution >= 4 is 28.3 Å². The molecule has 0 spiro atoms. The number of hydrogen-bond donors (Lipinski definition) is 1. The molecule has 0 bridgehead atoms. The van der Waals surface area contributed by atoms with Crippen LogP contribution in [-0.4, -0.2) is 11.6 Å². The second-order valence-corrected chi connectivity index (χ2v) is 6.93. The summed E-state index contributed by atoms with van der Waals surface area (Å²) in [4.78, 5) is 4.14. The minimum Gasteiger partial charge on any atom is -0.490 e. The summed E-state index contributed by atoms with van der Waals surface area (Å²) in [6, 6.07) is 18.2. The zero-order valence-corrected chi connectivity index (χ0v) is 18.1. The average Bonchev–Trinajstić information content (AvgIpc) is 2.69. The van der Waals surface area contributed by atoms with Gasteiger partial charge in [-0.25, -0.2) is 0 Å². The third-order valence-corrected chi connectivity index (χ3v) is 4.57. The fourth-order valence-electron chi connectivity index (χ4n) is 2.71. The van der Waals surface area contributed by atoms with Crippen molar-refractivity contribution in [3.05, 3.63) is 88.2 Å². The molecule has 1 N–H and O–H groups in total. The van der Waals surface area contributed by atoms with Gasteiger partial charge in [-0.3, -0.25) is 4.98 Å². The molecule has 0 unspecified atom stereocenters. The van der Waals surface area contributed by atoms with E-state index in [4.69, 9.17) is 9.47 Å². The first-order valence-corrected chi connectivity index (χ1v) is 9.77. The molecule has 0 atom stereocenters. The van der Waals surface area contributed by atoms with Crippen LogP contribution in [0.15, 0.2) is 71.5 Å². The molecule has 0 fully saturated rings. The van der Waals surface area contributed by atoms with E-state index in [-0.39, 0.29) is 12.4 Å². The fraction of sp³-hybridized carbons (Fsp3) is 0.227. The van der Waals surface area contributed by atoms with Crippen molar-refractivity contribution < 1.29 is 9.47 Å². The second kappa shape index (κ2) is 11.7. The van der Waals surface area contributed by atoms with Crippen molar-refractivity contribution in [2.45, 2.75) is 26.6 Å². The fourth-order valence-corrected chi connectivity index (χ4v) is 3.31. The molecule has 2 aromatic carbocycles. The second-order valence-electron chi connectivity index (χ2n) is 6.08. The van der Waals surface area contributed by atoms with E-state index in [0.717, 1.165) is 45.8 Å². The maximum absolute atomic E-state index is 6.03. The number of ether oxygens (including phenoxy) is 2. The van der Waals surface area contributed by atoms with Gasteiger partial charge in [-0.05, 0) is 57.7 Å². The topological polar surface area (TPSA) is 43.4 Å². The molecular formula is C22H24BrClN2O2. The first kappa shape index (κ1) is 22.2. The number of benzene rings is 2. The third-order valence-electron chi connectivity index (χ3n) is 3.98. The van der Waals surface area contributed by atoms with Crippen molar-refractivity contribution in [1.82, 2.24) is 10.3 Å². The molecule has 1 aromatic heterocycles. The van der Waals surface area contributed by atoms with Crippen molar-refractivity contribution in [3.63, 3.8) is 0 Å². The van der Waals surface area contributed by atoms with E-state index in [0.29, 0.717) is 13.2 Å². The van der Waals surface area contributed by atoms with Crippen molar-refractivity contribution in [3.8, 4) is 11.5 Å². The summed E-state index contributed by atoms with van der Waals surface area (Å²) in [5, 5.41) is 3.43. The monoisotopic (exact) mass is 462 g/mol. The highest BCUT2D eigenvalue weighted by atomic mass is 79.9. The first-order chi connectivity index (χ1) is 13.3. The Kier molecular flexibility index (Phi) is 9.28. The number of halogens is 2. The van der Waals surface area contributed by atoms with E-state index in [1.54, 1.807) is 6.20 Å². The van der Waals surface area contributed by atoms with Crippen LogP contribution in [0.1, 0.15) is 23.6 Å². The smallest absolute Gasteiger partial charge is 0.175 e. The molecule has 0 aliphatic heterocycles. The van der Waals surface area contributed by atoms with Crippen LogP contribution in [-0.2, 0) is 19.7 Å². The molecule has 4 nitrogen and oxygen atoms in total. The van der Waals surface area contributed by atoms with Gasteiger partial charge in [0.25, 0.3) is 0 Å². The van der Waals surface area contributed by atoms with E-state index < -0.39 is 0 Å². The standard InChI is InChI=1S/C22H23BrN2O2.ClH/c1-2-26-21-12-19(15-25-14-18-9-6-10-24-13-18)11-20(23)22(21)27-16-17-7-4-3-5-8-17;/h3-13,25H,2,14-16H2,1H3;1H. The van der Waals surface area contributed by atoms with Crippen LogP contribution in [0.4, 0.5) is 0 Å².